The first kappa shape index (κ1) is 20.3. The maximum atomic E-state index is 12.9. The second-order valence-corrected chi connectivity index (χ2v) is 7.62. The van der Waals surface area contributed by atoms with Gasteiger partial charge in [0.05, 0.1) is 36.2 Å². The number of hydrogen-bond donors (Lipinski definition) is 2. The third kappa shape index (κ3) is 4.05. The van der Waals surface area contributed by atoms with Crippen LogP contribution in [0.4, 0.5) is 18.2 Å². The minimum Gasteiger partial charge on any atom is -0.465 e. The van der Waals surface area contributed by atoms with Gasteiger partial charge in [-0.3, -0.25) is 4.79 Å². The van der Waals surface area contributed by atoms with E-state index >= 15 is 0 Å². The van der Waals surface area contributed by atoms with Crippen molar-refractivity contribution >= 4 is 28.2 Å². The van der Waals surface area contributed by atoms with Crippen LogP contribution in [0.3, 0.4) is 0 Å². The van der Waals surface area contributed by atoms with Gasteiger partial charge in [0.2, 0.25) is 0 Å². The van der Waals surface area contributed by atoms with Crippen LogP contribution in [0.5, 0.6) is 0 Å². The molecule has 0 fully saturated rings. The molecule has 0 saturated heterocycles. The van der Waals surface area contributed by atoms with Crippen molar-refractivity contribution in [3.8, 4) is 0 Å². The van der Waals surface area contributed by atoms with Gasteiger partial charge in [-0.1, -0.05) is 6.07 Å². The smallest absolute Gasteiger partial charge is 0.416 e. The predicted octanol–water partition coefficient (Wildman–Crippen LogP) is 2.77. The van der Waals surface area contributed by atoms with Gasteiger partial charge in [0.1, 0.15) is 11.5 Å². The van der Waals surface area contributed by atoms with Crippen LogP contribution < -0.4 is 10.2 Å². The highest BCUT2D eigenvalue weighted by Gasteiger charge is 2.32. The molecule has 28 heavy (non-hydrogen) atoms. The third-order valence-corrected chi connectivity index (χ3v) is 5.95. The number of likely N-dealkylation sites (N-methyl/N-ethyl adjacent to an activating group) is 1. The topological polar surface area (TPSA) is 59.8 Å². The van der Waals surface area contributed by atoms with Gasteiger partial charge in [-0.2, -0.15) is 13.2 Å². The van der Waals surface area contributed by atoms with Crippen LogP contribution in [0.15, 0.2) is 24.3 Å². The third-order valence-electron chi connectivity index (χ3n) is 4.80. The number of esters is 1. The van der Waals surface area contributed by atoms with Crippen molar-refractivity contribution in [2.45, 2.75) is 26.1 Å². The van der Waals surface area contributed by atoms with Crippen molar-refractivity contribution in [2.24, 2.45) is 0 Å². The van der Waals surface area contributed by atoms with Crippen LogP contribution in [-0.2, 0) is 23.9 Å². The number of carbonyl (C=O) groups is 2. The minimum absolute atomic E-state index is 0.127. The number of amides is 1. The van der Waals surface area contributed by atoms with Crippen LogP contribution in [-0.4, -0.2) is 32.1 Å². The lowest BCUT2D eigenvalue weighted by atomic mass is 10.0. The molecule has 1 aromatic heterocycles. The van der Waals surface area contributed by atoms with Crippen molar-refractivity contribution in [3.63, 3.8) is 0 Å². The lowest BCUT2D eigenvalue weighted by Crippen LogP contribution is -3.11. The van der Waals surface area contributed by atoms with E-state index in [1.54, 1.807) is 0 Å². The zero-order chi connectivity index (χ0) is 20.5. The van der Waals surface area contributed by atoms with E-state index in [0.29, 0.717) is 17.0 Å². The molecule has 2 N–H and O–H groups in total. The monoisotopic (exact) mass is 413 g/mol. The van der Waals surface area contributed by atoms with Crippen molar-refractivity contribution in [2.75, 3.05) is 25.5 Å². The number of halogens is 3. The Balaban J connectivity index is 1.93. The molecule has 1 amide bonds. The average Bonchev–Trinajstić information content (AvgIpc) is 3.03. The molecule has 2 aromatic rings. The number of fused-ring (bicyclic) bond motifs is 1. The minimum atomic E-state index is -4.54. The summed E-state index contributed by atoms with van der Waals surface area (Å²) in [6, 6.07) is 4.19. The van der Waals surface area contributed by atoms with Crippen LogP contribution in [0.25, 0.3) is 0 Å². The lowest BCUT2D eigenvalue weighted by Gasteiger charge is -2.22. The molecule has 1 unspecified atom stereocenters. The quantitative estimate of drug-likeness (QED) is 0.758. The van der Waals surface area contributed by atoms with E-state index in [4.69, 9.17) is 4.74 Å². The summed E-state index contributed by atoms with van der Waals surface area (Å²) in [5.41, 5.74) is 0.130. The van der Waals surface area contributed by atoms with Gasteiger partial charge >= 0.3 is 12.1 Å². The molecule has 1 aromatic carbocycles. The van der Waals surface area contributed by atoms with Crippen LogP contribution in [0.2, 0.25) is 0 Å². The van der Waals surface area contributed by atoms with Gasteiger partial charge in [-0.25, -0.2) is 4.79 Å². The fourth-order valence-corrected chi connectivity index (χ4v) is 4.56. The largest absolute Gasteiger partial charge is 0.465 e. The van der Waals surface area contributed by atoms with Gasteiger partial charge in [0.15, 0.2) is 0 Å². The molecule has 0 aliphatic carbocycles. The highest BCUT2D eigenvalue weighted by atomic mass is 32.1. The van der Waals surface area contributed by atoms with Crippen LogP contribution in [0, 0.1) is 0 Å². The molecule has 3 rings (SSSR count). The van der Waals surface area contributed by atoms with Crippen molar-refractivity contribution in [1.29, 1.82) is 0 Å². The van der Waals surface area contributed by atoms with Crippen LogP contribution >= 0.6 is 11.3 Å². The Bertz CT molecular complexity index is 908. The van der Waals surface area contributed by atoms with Crippen molar-refractivity contribution < 1.29 is 32.4 Å². The first-order valence-electron chi connectivity index (χ1n) is 8.79. The van der Waals surface area contributed by atoms with Crippen molar-refractivity contribution in [1.82, 2.24) is 0 Å². The summed E-state index contributed by atoms with van der Waals surface area (Å²) in [5.74, 6) is -1.26. The van der Waals surface area contributed by atoms with Gasteiger partial charge < -0.3 is 15.0 Å². The maximum Gasteiger partial charge on any atom is 0.416 e. The van der Waals surface area contributed by atoms with Gasteiger partial charge in [0.25, 0.3) is 5.91 Å². The van der Waals surface area contributed by atoms with Gasteiger partial charge in [0, 0.05) is 12.0 Å². The Labute approximate surface area is 164 Å². The Hall–Kier alpha value is -2.39. The molecule has 9 heteroatoms. The number of thiophene rings is 1. The second-order valence-electron chi connectivity index (χ2n) is 6.51. The lowest BCUT2D eigenvalue weighted by molar-refractivity contribution is -0.913. The summed E-state index contributed by atoms with van der Waals surface area (Å²) >= 11 is 1.28. The molecule has 5 nitrogen and oxygen atoms in total. The Morgan fingerprint density at radius 2 is 2.07 bits per heavy atom. The maximum absolute atomic E-state index is 12.9. The summed E-state index contributed by atoms with van der Waals surface area (Å²) in [6.45, 7) is 4.62. The fourth-order valence-electron chi connectivity index (χ4n) is 3.26. The first-order valence-corrected chi connectivity index (χ1v) is 9.61. The van der Waals surface area contributed by atoms with E-state index in [1.165, 1.54) is 35.5 Å². The Morgan fingerprint density at radius 3 is 2.71 bits per heavy atom. The zero-order valence-electron chi connectivity index (χ0n) is 15.4. The normalized spacial score (nSPS) is 16.4. The molecule has 1 aliphatic rings. The number of hydrogen-bond acceptors (Lipinski definition) is 4. The highest BCUT2D eigenvalue weighted by Crippen LogP contribution is 2.36. The van der Waals surface area contributed by atoms with Crippen LogP contribution in [0.1, 0.15) is 43.6 Å². The first-order chi connectivity index (χ1) is 13.2. The van der Waals surface area contributed by atoms with E-state index in [-0.39, 0.29) is 5.56 Å². The fraction of sp³-hybridized carbons (Fsp3) is 0.368. The average molecular weight is 413 g/mol. The number of alkyl halides is 3. The zero-order valence-corrected chi connectivity index (χ0v) is 16.2. The van der Waals surface area contributed by atoms with E-state index in [2.05, 4.69) is 12.2 Å². The Kier molecular flexibility index (Phi) is 5.76. The number of ether oxygens (including phenoxy) is 1. The number of benzene rings is 1. The second kappa shape index (κ2) is 7.92. The molecule has 0 saturated carbocycles. The summed E-state index contributed by atoms with van der Waals surface area (Å²) in [5, 5.41) is 2.93. The molecule has 1 aliphatic heterocycles. The summed E-state index contributed by atoms with van der Waals surface area (Å²) in [4.78, 5) is 27.2. The number of carbonyl (C=O) groups excluding carboxylic acids is 2. The molecule has 0 spiro atoms. The number of anilines is 1. The Morgan fingerprint density at radius 1 is 1.32 bits per heavy atom. The van der Waals surface area contributed by atoms with E-state index < -0.39 is 23.6 Å². The van der Waals surface area contributed by atoms with Gasteiger partial charge in [-0.15, -0.1) is 11.3 Å². The SMILES string of the molecule is CC[NH+]1CCc2c(sc(NC(=O)c3cccc(C(F)(F)F)c3)c2C(=O)OC)C1. The number of methoxy groups -OCH3 is 1. The van der Waals surface area contributed by atoms with E-state index in [9.17, 15) is 22.8 Å². The number of rotatable bonds is 4. The van der Waals surface area contributed by atoms with Gasteiger partial charge in [-0.05, 0) is 30.7 Å². The molecule has 0 bridgehead atoms. The molecule has 1 atom stereocenters. The molecule has 150 valence electrons. The molecular weight excluding hydrogens is 393 g/mol. The van der Waals surface area contributed by atoms with E-state index in [1.807, 2.05) is 0 Å². The number of quaternary nitrogens is 1. The molecule has 0 radical (unpaired) electrons. The summed E-state index contributed by atoms with van der Waals surface area (Å²) < 4.78 is 43.6. The van der Waals surface area contributed by atoms with Crippen molar-refractivity contribution in [3.05, 3.63) is 51.4 Å². The summed E-state index contributed by atoms with van der Waals surface area (Å²) in [7, 11) is 1.26. The highest BCUT2D eigenvalue weighted by molar-refractivity contribution is 7.17. The summed E-state index contributed by atoms with van der Waals surface area (Å²) in [6.07, 6.45) is -3.86. The number of nitrogens with one attached hydrogen (secondary N) is 2. The van der Waals surface area contributed by atoms with E-state index in [0.717, 1.165) is 42.2 Å². The predicted molar refractivity (Wildman–Crippen MR) is 98.8 cm³/mol. The molecular formula is C19H20F3N2O3S+. The standard InChI is InChI=1S/C19H19F3N2O3S/c1-3-24-8-7-13-14(10-24)28-17(15(13)18(26)27-2)23-16(25)11-5-4-6-12(9-11)19(20,21)22/h4-6,9H,3,7-8,10H2,1-2H3,(H,23,25)/p+1. The molecule has 2 heterocycles.